The Morgan fingerprint density at radius 3 is 2.54 bits per heavy atom. The van der Waals surface area contributed by atoms with Crippen molar-refractivity contribution >= 4 is 17.7 Å². The van der Waals surface area contributed by atoms with Crippen LogP contribution in [0.2, 0.25) is 0 Å². The molecular formula is C17H17N3O5S. The predicted octanol–water partition coefficient (Wildman–Crippen LogP) is 3.16. The summed E-state index contributed by atoms with van der Waals surface area (Å²) in [4.78, 5) is 15.8. The second kappa shape index (κ2) is 7.96. The Morgan fingerprint density at radius 1 is 1.15 bits per heavy atom. The monoisotopic (exact) mass is 375 g/mol. The molecule has 1 aromatic carbocycles. The molecule has 3 aromatic rings. The number of benzene rings is 1. The molecule has 0 spiro atoms. The maximum atomic E-state index is 11.4. The molecule has 0 fully saturated rings. The van der Waals surface area contributed by atoms with Crippen LogP contribution in [-0.4, -0.2) is 42.5 Å². The second-order valence-corrected chi connectivity index (χ2v) is 6.06. The van der Waals surface area contributed by atoms with Gasteiger partial charge in [-0.25, -0.2) is 9.78 Å². The van der Waals surface area contributed by atoms with E-state index in [-0.39, 0.29) is 5.76 Å². The lowest BCUT2D eigenvalue weighted by Gasteiger charge is -2.06. The highest BCUT2D eigenvalue weighted by atomic mass is 32.2. The lowest BCUT2D eigenvalue weighted by atomic mass is 10.2. The first kappa shape index (κ1) is 17.9. The number of carbonyl (C=O) groups excluding carboxylic acids is 1. The summed E-state index contributed by atoms with van der Waals surface area (Å²) in [5, 5.41) is 7.64. The Balaban J connectivity index is 1.70. The molecule has 9 heteroatoms. The number of nitrogens with one attached hydrogen (secondary N) is 1. The summed E-state index contributed by atoms with van der Waals surface area (Å²) in [6, 6.07) is 8.76. The van der Waals surface area contributed by atoms with Crippen LogP contribution in [0.4, 0.5) is 0 Å². The van der Waals surface area contributed by atoms with Crippen LogP contribution in [-0.2, 0) is 10.5 Å². The van der Waals surface area contributed by atoms with Crippen LogP contribution < -0.4 is 9.47 Å². The fraction of sp³-hybridized carbons (Fsp3) is 0.235. The van der Waals surface area contributed by atoms with Crippen molar-refractivity contribution in [1.82, 2.24) is 15.2 Å². The highest BCUT2D eigenvalue weighted by molar-refractivity contribution is 7.98. The van der Waals surface area contributed by atoms with Crippen LogP contribution >= 0.6 is 11.8 Å². The van der Waals surface area contributed by atoms with Crippen LogP contribution in [0, 0.1) is 0 Å². The number of hydrogen-bond donors (Lipinski definition) is 1. The van der Waals surface area contributed by atoms with E-state index < -0.39 is 5.97 Å². The number of thioether (sulfide) groups is 1. The molecule has 0 saturated heterocycles. The third kappa shape index (κ3) is 3.99. The first-order chi connectivity index (χ1) is 12.6. The predicted molar refractivity (Wildman–Crippen MR) is 94.5 cm³/mol. The highest BCUT2D eigenvalue weighted by Crippen LogP contribution is 2.29. The maximum absolute atomic E-state index is 11.4. The number of methoxy groups -OCH3 is 3. The van der Waals surface area contributed by atoms with Gasteiger partial charge in [0, 0.05) is 11.6 Å². The molecule has 0 radical (unpaired) electrons. The molecule has 2 heterocycles. The first-order valence-corrected chi connectivity index (χ1v) is 8.57. The number of nitrogens with zero attached hydrogens (tertiary/aromatic N) is 2. The van der Waals surface area contributed by atoms with Crippen molar-refractivity contribution in [1.29, 1.82) is 0 Å². The number of furan rings is 1. The van der Waals surface area contributed by atoms with E-state index in [1.54, 1.807) is 32.4 Å². The standard InChI is InChI=1S/C17H17N3O5S/c1-22-12-6-10(7-13(8-12)23-2)15-18-17(20-19-15)26-9-11-4-5-14(25-11)16(21)24-3/h4-8H,9H2,1-3H3,(H,18,19,20). The third-order valence-electron chi connectivity index (χ3n) is 3.48. The van der Waals surface area contributed by atoms with Gasteiger partial charge < -0.3 is 18.6 Å². The fourth-order valence-corrected chi connectivity index (χ4v) is 2.88. The summed E-state index contributed by atoms with van der Waals surface area (Å²) in [7, 11) is 4.49. The van der Waals surface area contributed by atoms with Crippen molar-refractivity contribution in [3.63, 3.8) is 0 Å². The van der Waals surface area contributed by atoms with E-state index in [9.17, 15) is 4.79 Å². The molecule has 8 nitrogen and oxygen atoms in total. The van der Waals surface area contributed by atoms with Gasteiger partial charge in [0.2, 0.25) is 10.9 Å². The van der Waals surface area contributed by atoms with Crippen molar-refractivity contribution in [2.24, 2.45) is 0 Å². The molecule has 1 N–H and O–H groups in total. The summed E-state index contributed by atoms with van der Waals surface area (Å²) in [5.41, 5.74) is 0.798. The van der Waals surface area contributed by atoms with Crippen LogP contribution in [0.1, 0.15) is 16.3 Å². The van der Waals surface area contributed by atoms with Crippen molar-refractivity contribution in [3.8, 4) is 22.9 Å². The number of rotatable bonds is 7. The van der Waals surface area contributed by atoms with Crippen molar-refractivity contribution in [3.05, 3.63) is 41.9 Å². The second-order valence-electron chi connectivity index (χ2n) is 5.11. The molecule has 0 saturated carbocycles. The number of H-pyrrole nitrogens is 1. The number of carbonyl (C=O) groups is 1. The lowest BCUT2D eigenvalue weighted by molar-refractivity contribution is 0.0563. The zero-order valence-corrected chi connectivity index (χ0v) is 15.3. The van der Waals surface area contributed by atoms with Gasteiger partial charge in [-0.3, -0.25) is 5.10 Å². The van der Waals surface area contributed by atoms with E-state index in [0.717, 1.165) is 5.56 Å². The average molecular weight is 375 g/mol. The van der Waals surface area contributed by atoms with Gasteiger partial charge in [0.15, 0.2) is 5.82 Å². The molecule has 0 amide bonds. The smallest absolute Gasteiger partial charge is 0.373 e. The average Bonchev–Trinajstić information content (AvgIpc) is 3.34. The van der Waals surface area contributed by atoms with E-state index in [1.807, 2.05) is 12.1 Å². The van der Waals surface area contributed by atoms with E-state index >= 15 is 0 Å². The molecule has 0 atom stereocenters. The molecule has 0 aliphatic heterocycles. The Morgan fingerprint density at radius 2 is 1.88 bits per heavy atom. The van der Waals surface area contributed by atoms with Gasteiger partial charge in [0.05, 0.1) is 27.1 Å². The zero-order valence-electron chi connectivity index (χ0n) is 14.4. The van der Waals surface area contributed by atoms with Gasteiger partial charge >= 0.3 is 5.97 Å². The highest BCUT2D eigenvalue weighted by Gasteiger charge is 2.13. The fourth-order valence-electron chi connectivity index (χ4n) is 2.19. The minimum absolute atomic E-state index is 0.169. The molecule has 0 aliphatic carbocycles. The Hall–Kier alpha value is -2.94. The summed E-state index contributed by atoms with van der Waals surface area (Å²) in [5.74, 6) is 2.70. The molecule has 0 aliphatic rings. The topological polar surface area (TPSA) is 99.5 Å². The molecular weight excluding hydrogens is 358 g/mol. The third-order valence-corrected chi connectivity index (χ3v) is 4.35. The minimum atomic E-state index is -0.506. The van der Waals surface area contributed by atoms with E-state index in [0.29, 0.717) is 34.0 Å². The number of esters is 1. The summed E-state index contributed by atoms with van der Waals surface area (Å²) >= 11 is 1.38. The molecule has 0 bridgehead atoms. The van der Waals surface area contributed by atoms with Gasteiger partial charge in [-0.15, -0.1) is 5.10 Å². The lowest BCUT2D eigenvalue weighted by Crippen LogP contribution is -1.98. The number of aromatic nitrogens is 3. The van der Waals surface area contributed by atoms with E-state index in [1.165, 1.54) is 18.9 Å². The van der Waals surface area contributed by atoms with Crippen LogP contribution in [0.15, 0.2) is 39.9 Å². The number of aromatic amines is 1. The van der Waals surface area contributed by atoms with Crippen LogP contribution in [0.3, 0.4) is 0 Å². The summed E-state index contributed by atoms with van der Waals surface area (Å²) < 4.78 is 20.6. The number of hydrogen-bond acceptors (Lipinski definition) is 8. The molecule has 26 heavy (non-hydrogen) atoms. The van der Waals surface area contributed by atoms with Gasteiger partial charge in [0.1, 0.15) is 17.3 Å². The zero-order chi connectivity index (χ0) is 18.5. The van der Waals surface area contributed by atoms with Gasteiger partial charge in [-0.05, 0) is 24.3 Å². The Kier molecular flexibility index (Phi) is 5.47. The number of ether oxygens (including phenoxy) is 3. The molecule has 2 aromatic heterocycles. The Bertz CT molecular complexity index is 883. The van der Waals surface area contributed by atoms with E-state index in [2.05, 4.69) is 19.9 Å². The quantitative estimate of drug-likeness (QED) is 0.497. The van der Waals surface area contributed by atoms with Gasteiger partial charge in [-0.1, -0.05) is 11.8 Å². The van der Waals surface area contributed by atoms with Gasteiger partial charge in [-0.2, -0.15) is 0 Å². The maximum Gasteiger partial charge on any atom is 0.373 e. The largest absolute Gasteiger partial charge is 0.497 e. The normalized spacial score (nSPS) is 10.6. The van der Waals surface area contributed by atoms with E-state index in [4.69, 9.17) is 13.9 Å². The minimum Gasteiger partial charge on any atom is -0.497 e. The van der Waals surface area contributed by atoms with Crippen molar-refractivity contribution < 1.29 is 23.4 Å². The van der Waals surface area contributed by atoms with Crippen molar-refractivity contribution in [2.75, 3.05) is 21.3 Å². The first-order valence-electron chi connectivity index (χ1n) is 7.58. The molecule has 0 unspecified atom stereocenters. The van der Waals surface area contributed by atoms with Gasteiger partial charge in [0.25, 0.3) is 0 Å². The summed E-state index contributed by atoms with van der Waals surface area (Å²) in [6.07, 6.45) is 0. The SMILES string of the molecule is COC(=O)c1ccc(CSc2n[nH]c(-c3cc(OC)cc(OC)c3)n2)o1. The van der Waals surface area contributed by atoms with Crippen LogP contribution in [0.25, 0.3) is 11.4 Å². The summed E-state index contributed by atoms with van der Waals surface area (Å²) in [6.45, 7) is 0. The van der Waals surface area contributed by atoms with Crippen LogP contribution in [0.5, 0.6) is 11.5 Å². The molecule has 136 valence electrons. The molecule has 3 rings (SSSR count). The van der Waals surface area contributed by atoms with Crippen molar-refractivity contribution in [2.45, 2.75) is 10.9 Å². The Labute approximate surface area is 153 Å².